The fourth-order valence-corrected chi connectivity index (χ4v) is 5.47. The van der Waals surface area contributed by atoms with E-state index in [1.807, 2.05) is 0 Å². The average Bonchev–Trinajstić information content (AvgIpc) is 3.04. The number of thioether (sulfide) groups is 1. The minimum Gasteiger partial charge on any atom is -0.268 e. The van der Waals surface area contributed by atoms with Crippen molar-refractivity contribution in [2.45, 2.75) is 9.79 Å². The van der Waals surface area contributed by atoms with Crippen LogP contribution in [0.3, 0.4) is 0 Å². The van der Waals surface area contributed by atoms with Crippen molar-refractivity contribution in [1.29, 1.82) is 0 Å². The van der Waals surface area contributed by atoms with E-state index in [0.717, 1.165) is 16.7 Å². The second kappa shape index (κ2) is 9.64. The van der Waals surface area contributed by atoms with Gasteiger partial charge in [-0.15, -0.1) is 0 Å². The first-order chi connectivity index (χ1) is 15.3. The summed E-state index contributed by atoms with van der Waals surface area (Å²) in [5, 5.41) is 12.7. The number of hydrogen-bond acceptors (Lipinski definition) is 6. The van der Waals surface area contributed by atoms with Gasteiger partial charge in [0.1, 0.15) is 0 Å². The number of amides is 1. The molecule has 0 atom stereocenters. The fourth-order valence-electron chi connectivity index (χ4n) is 2.94. The number of carbonyl (C=O) groups excluding carboxylic acids is 1. The van der Waals surface area contributed by atoms with E-state index < -0.39 is 4.92 Å². The third-order valence-electron chi connectivity index (χ3n) is 4.41. The standard InChI is InChI=1S/C22H12Cl2N2O3S3/c23-14-6-8-15(9-7-14)31-19-10-5-13(11-18(19)26(28)29)12-20-21(27)25(22(30)32-20)17-4-2-1-3-16(17)24/h1-12H. The number of nitro groups is 1. The van der Waals surface area contributed by atoms with Crippen LogP contribution in [0.4, 0.5) is 11.4 Å². The Bertz CT molecular complexity index is 1280. The summed E-state index contributed by atoms with van der Waals surface area (Å²) in [5.41, 5.74) is 0.970. The molecule has 1 fully saturated rings. The summed E-state index contributed by atoms with van der Waals surface area (Å²) in [4.78, 5) is 27.3. The summed E-state index contributed by atoms with van der Waals surface area (Å²) in [6.45, 7) is 0. The Morgan fingerprint density at radius 1 is 1.06 bits per heavy atom. The van der Waals surface area contributed by atoms with Gasteiger partial charge in [-0.05, 0) is 54.1 Å². The zero-order valence-corrected chi connectivity index (χ0v) is 20.0. The molecule has 5 nitrogen and oxygen atoms in total. The molecule has 0 spiro atoms. The van der Waals surface area contributed by atoms with E-state index in [1.165, 1.54) is 22.7 Å². The predicted molar refractivity (Wildman–Crippen MR) is 136 cm³/mol. The molecule has 4 rings (SSSR count). The van der Waals surface area contributed by atoms with E-state index in [1.54, 1.807) is 66.7 Å². The van der Waals surface area contributed by atoms with Crippen LogP contribution in [0.1, 0.15) is 5.56 Å². The maximum Gasteiger partial charge on any atom is 0.283 e. The van der Waals surface area contributed by atoms with E-state index in [2.05, 4.69) is 0 Å². The van der Waals surface area contributed by atoms with Gasteiger partial charge in [0.25, 0.3) is 11.6 Å². The van der Waals surface area contributed by atoms with Crippen molar-refractivity contribution < 1.29 is 9.72 Å². The zero-order chi connectivity index (χ0) is 22.8. The number of hydrogen-bond donors (Lipinski definition) is 0. The van der Waals surface area contributed by atoms with Gasteiger partial charge in [0, 0.05) is 16.0 Å². The summed E-state index contributed by atoms with van der Waals surface area (Å²) >= 11 is 19.9. The number of para-hydroxylation sites is 1. The third-order valence-corrected chi connectivity index (χ3v) is 7.35. The van der Waals surface area contributed by atoms with Gasteiger partial charge in [-0.1, -0.05) is 77.1 Å². The van der Waals surface area contributed by atoms with Gasteiger partial charge in [0.2, 0.25) is 0 Å². The zero-order valence-electron chi connectivity index (χ0n) is 16.0. The summed E-state index contributed by atoms with van der Waals surface area (Å²) in [7, 11) is 0. The van der Waals surface area contributed by atoms with Crippen molar-refractivity contribution in [2.75, 3.05) is 4.90 Å². The van der Waals surface area contributed by atoms with Crippen LogP contribution in [0.15, 0.2) is 81.4 Å². The van der Waals surface area contributed by atoms with Crippen LogP contribution in [-0.4, -0.2) is 15.2 Å². The Kier molecular flexibility index (Phi) is 6.88. The molecule has 0 radical (unpaired) electrons. The molecule has 3 aromatic rings. The molecule has 3 aromatic carbocycles. The molecule has 0 aliphatic carbocycles. The molecule has 32 heavy (non-hydrogen) atoms. The Balaban J connectivity index is 1.64. The highest BCUT2D eigenvalue weighted by molar-refractivity contribution is 8.27. The quantitative estimate of drug-likeness (QED) is 0.151. The minimum absolute atomic E-state index is 0.0553. The molecule has 0 saturated carbocycles. The lowest BCUT2D eigenvalue weighted by atomic mass is 10.2. The number of nitrogens with zero attached hydrogens (tertiary/aromatic N) is 2. The lowest BCUT2D eigenvalue weighted by Gasteiger charge is -2.15. The molecule has 0 N–H and O–H groups in total. The number of anilines is 1. The monoisotopic (exact) mass is 518 g/mol. The Labute approximate surface area is 207 Å². The molecular formula is C22H12Cl2N2O3S3. The van der Waals surface area contributed by atoms with Gasteiger partial charge in [-0.25, -0.2) is 0 Å². The molecule has 10 heteroatoms. The first-order valence-electron chi connectivity index (χ1n) is 9.08. The molecule has 160 valence electrons. The smallest absolute Gasteiger partial charge is 0.268 e. The number of halogens is 2. The molecule has 1 aliphatic heterocycles. The lowest BCUT2D eigenvalue weighted by molar-refractivity contribution is -0.387. The van der Waals surface area contributed by atoms with E-state index in [-0.39, 0.29) is 11.6 Å². The van der Waals surface area contributed by atoms with Crippen molar-refractivity contribution in [1.82, 2.24) is 0 Å². The highest BCUT2D eigenvalue weighted by Crippen LogP contribution is 2.40. The van der Waals surface area contributed by atoms with Gasteiger partial charge in [-0.3, -0.25) is 19.8 Å². The summed E-state index contributed by atoms with van der Waals surface area (Å²) < 4.78 is 0.346. The maximum absolute atomic E-state index is 13.0. The Morgan fingerprint density at radius 3 is 2.47 bits per heavy atom. The van der Waals surface area contributed by atoms with Crippen molar-refractivity contribution in [3.05, 3.63) is 97.4 Å². The van der Waals surface area contributed by atoms with Crippen molar-refractivity contribution in [3.63, 3.8) is 0 Å². The topological polar surface area (TPSA) is 63.4 Å². The van der Waals surface area contributed by atoms with E-state index in [4.69, 9.17) is 35.4 Å². The van der Waals surface area contributed by atoms with Crippen LogP contribution in [-0.2, 0) is 4.79 Å². The second-order valence-corrected chi connectivity index (χ2v) is 10.1. The SMILES string of the molecule is O=C1C(=Cc2ccc(Sc3ccc(Cl)cc3)c([N+](=O)[O-])c2)SC(=S)N1c1ccccc1Cl. The molecule has 1 aliphatic rings. The molecule has 0 bridgehead atoms. The van der Waals surface area contributed by atoms with Crippen LogP contribution in [0.25, 0.3) is 6.08 Å². The normalized spacial score (nSPS) is 14.9. The molecule has 0 unspecified atom stereocenters. The Morgan fingerprint density at radius 2 is 1.78 bits per heavy atom. The van der Waals surface area contributed by atoms with E-state index in [9.17, 15) is 14.9 Å². The second-order valence-electron chi connectivity index (χ2n) is 6.51. The number of rotatable bonds is 5. The number of carbonyl (C=O) groups is 1. The fraction of sp³-hybridized carbons (Fsp3) is 0. The number of benzene rings is 3. The van der Waals surface area contributed by atoms with Gasteiger partial charge < -0.3 is 0 Å². The van der Waals surface area contributed by atoms with Gasteiger partial charge >= 0.3 is 0 Å². The first kappa shape index (κ1) is 22.8. The average molecular weight is 519 g/mol. The highest BCUT2D eigenvalue weighted by atomic mass is 35.5. The molecule has 1 saturated heterocycles. The molecule has 1 heterocycles. The molecular weight excluding hydrogens is 507 g/mol. The highest BCUT2D eigenvalue weighted by Gasteiger charge is 2.34. The van der Waals surface area contributed by atoms with Crippen molar-refractivity contribution >= 4 is 86.6 Å². The van der Waals surface area contributed by atoms with Crippen LogP contribution < -0.4 is 4.90 Å². The number of thiocarbonyl (C=S) groups is 1. The predicted octanol–water partition coefficient (Wildman–Crippen LogP) is 7.46. The van der Waals surface area contributed by atoms with Gasteiger partial charge in [0.05, 0.1) is 25.4 Å². The summed E-state index contributed by atoms with van der Waals surface area (Å²) in [6, 6.07) is 18.8. The van der Waals surface area contributed by atoms with E-state index >= 15 is 0 Å². The van der Waals surface area contributed by atoms with Crippen LogP contribution in [0.5, 0.6) is 0 Å². The first-order valence-corrected chi connectivity index (χ1v) is 11.9. The Hall–Kier alpha value is -2.36. The van der Waals surface area contributed by atoms with Crippen molar-refractivity contribution in [2.24, 2.45) is 0 Å². The molecule has 1 amide bonds. The van der Waals surface area contributed by atoms with Crippen molar-refractivity contribution in [3.8, 4) is 0 Å². The van der Waals surface area contributed by atoms with Gasteiger partial charge in [0.15, 0.2) is 4.32 Å². The van der Waals surface area contributed by atoms with Crippen LogP contribution in [0, 0.1) is 10.1 Å². The van der Waals surface area contributed by atoms with E-state index in [0.29, 0.717) is 35.4 Å². The molecule has 0 aromatic heterocycles. The number of nitro benzene ring substituents is 1. The van der Waals surface area contributed by atoms with Crippen LogP contribution >= 0.6 is 58.9 Å². The largest absolute Gasteiger partial charge is 0.283 e. The summed E-state index contributed by atoms with van der Waals surface area (Å²) in [5.74, 6) is -0.324. The minimum atomic E-state index is -0.440. The summed E-state index contributed by atoms with van der Waals surface area (Å²) in [6.07, 6.45) is 1.60. The lowest BCUT2D eigenvalue weighted by Crippen LogP contribution is -2.27. The maximum atomic E-state index is 13.0. The third kappa shape index (κ3) is 4.84. The van der Waals surface area contributed by atoms with Gasteiger partial charge in [-0.2, -0.15) is 0 Å². The van der Waals surface area contributed by atoms with Crippen LogP contribution in [0.2, 0.25) is 10.0 Å².